The summed E-state index contributed by atoms with van der Waals surface area (Å²) in [5.41, 5.74) is 10.00. The first-order chi connectivity index (χ1) is 24.7. The van der Waals surface area contributed by atoms with E-state index < -0.39 is 0 Å². The van der Waals surface area contributed by atoms with Crippen LogP contribution in [0.5, 0.6) is 0 Å². The van der Waals surface area contributed by atoms with Crippen molar-refractivity contribution >= 4 is 103 Å². The molecule has 0 saturated heterocycles. The number of pyridine rings is 1. The maximum absolute atomic E-state index is 9.66. The highest BCUT2D eigenvalue weighted by Gasteiger charge is 2.20. The van der Waals surface area contributed by atoms with Crippen molar-refractivity contribution in [3.05, 3.63) is 145 Å². The summed E-state index contributed by atoms with van der Waals surface area (Å²) < 4.78 is 13.5. The molecule has 11 rings (SSSR count). The van der Waals surface area contributed by atoms with Gasteiger partial charge in [-0.2, -0.15) is 5.26 Å². The molecule has 230 valence electrons. The van der Waals surface area contributed by atoms with Gasteiger partial charge in [-0.15, -0.1) is 11.3 Å². The smallest absolute Gasteiger partial charge is 0.188 e. The largest absolute Gasteiger partial charge is 0.454 e. The molecule has 0 aliphatic carbocycles. The Bertz CT molecular complexity index is 3290. The molecule has 0 amide bonds. The highest BCUT2D eigenvalue weighted by atomic mass is 32.1. The van der Waals surface area contributed by atoms with Crippen molar-refractivity contribution in [3.63, 3.8) is 0 Å². The molecule has 5 heterocycles. The van der Waals surface area contributed by atoms with Crippen LogP contribution in [0, 0.1) is 17.9 Å². The van der Waals surface area contributed by atoms with Crippen molar-refractivity contribution in [1.29, 1.82) is 5.26 Å². The van der Waals surface area contributed by atoms with Gasteiger partial charge in [-0.05, 0) is 102 Å². The number of aromatic nitrogens is 3. The molecule has 50 heavy (non-hydrogen) atoms. The number of rotatable bonds is 2. The second-order valence-electron chi connectivity index (χ2n) is 12.6. The molecule has 0 N–H and O–H groups in total. The molecule has 0 radical (unpaired) electrons. The predicted molar refractivity (Wildman–Crippen MR) is 204 cm³/mol. The quantitative estimate of drug-likeness (QED) is 0.174. The Hall–Kier alpha value is -6.93. The summed E-state index contributed by atoms with van der Waals surface area (Å²) in [7, 11) is 0. The molecule has 7 heteroatoms. The molecule has 0 bridgehead atoms. The first kappa shape index (κ1) is 27.1. The van der Waals surface area contributed by atoms with Gasteiger partial charge in [-0.3, -0.25) is 4.98 Å². The fourth-order valence-electron chi connectivity index (χ4n) is 7.84. The van der Waals surface area contributed by atoms with Crippen molar-refractivity contribution in [1.82, 2.24) is 14.1 Å². The van der Waals surface area contributed by atoms with E-state index in [1.165, 1.54) is 20.2 Å². The van der Waals surface area contributed by atoms with Crippen LogP contribution in [0.25, 0.3) is 102 Å². The van der Waals surface area contributed by atoms with Crippen LogP contribution < -0.4 is 0 Å². The molecule has 0 fully saturated rings. The number of furan rings is 1. The summed E-state index contributed by atoms with van der Waals surface area (Å²) in [6, 6.07) is 44.0. The number of hydrogen-bond donors (Lipinski definition) is 0. The van der Waals surface area contributed by atoms with Gasteiger partial charge in [0.05, 0.1) is 45.7 Å². The van der Waals surface area contributed by atoms with Crippen LogP contribution in [0.15, 0.2) is 132 Å². The molecule has 0 aliphatic heterocycles. The van der Waals surface area contributed by atoms with E-state index in [-0.39, 0.29) is 0 Å². The second-order valence-corrected chi connectivity index (χ2v) is 13.7. The fourth-order valence-corrected chi connectivity index (χ4v) is 8.91. The van der Waals surface area contributed by atoms with Crippen LogP contribution >= 0.6 is 11.3 Å². The van der Waals surface area contributed by atoms with Crippen LogP contribution in [-0.4, -0.2) is 14.1 Å². The fraction of sp³-hybridized carbons (Fsp3) is 0. The summed E-state index contributed by atoms with van der Waals surface area (Å²) in [6.45, 7) is 7.60. The highest BCUT2D eigenvalue weighted by Crippen LogP contribution is 2.43. The van der Waals surface area contributed by atoms with E-state index in [0.717, 1.165) is 77.1 Å². The monoisotopic (exact) mass is 655 g/mol. The average molecular weight is 656 g/mol. The zero-order chi connectivity index (χ0) is 33.1. The van der Waals surface area contributed by atoms with Gasteiger partial charge in [-0.25, -0.2) is 4.85 Å². The molecule has 0 spiro atoms. The Morgan fingerprint density at radius 3 is 2.12 bits per heavy atom. The summed E-state index contributed by atoms with van der Waals surface area (Å²) in [6.07, 6.45) is 1.81. The van der Waals surface area contributed by atoms with Crippen molar-refractivity contribution in [2.24, 2.45) is 0 Å². The van der Waals surface area contributed by atoms with Gasteiger partial charge in [0.2, 0.25) is 0 Å². The molecule has 5 aromatic heterocycles. The standard InChI is InChI=1S/C43H21N5OS/c1-45-25-9-14-36-31(20-25)30-19-24(23-44)8-13-35(30)47(36)26-10-16-39-32(21-26)33-22-27(11-17-40(33)50-39)48-34-6-3-2-5-28(34)41-37(48)15-12-29-42-38(49-43(29)41)7-4-18-46-42/h2-22H. The number of para-hydroxylation sites is 1. The molecule has 0 atom stereocenters. The number of fused-ring (bicyclic) bond motifs is 13. The lowest BCUT2D eigenvalue weighted by molar-refractivity contribution is 0.672. The van der Waals surface area contributed by atoms with Crippen LogP contribution in [-0.2, 0) is 0 Å². The van der Waals surface area contributed by atoms with E-state index in [9.17, 15) is 5.26 Å². The molecular weight excluding hydrogens is 635 g/mol. The Morgan fingerprint density at radius 1 is 0.640 bits per heavy atom. The van der Waals surface area contributed by atoms with Gasteiger partial charge in [0.1, 0.15) is 11.1 Å². The van der Waals surface area contributed by atoms with Gasteiger partial charge in [0.15, 0.2) is 11.3 Å². The molecule has 0 unspecified atom stereocenters. The summed E-state index contributed by atoms with van der Waals surface area (Å²) >= 11 is 1.79. The van der Waals surface area contributed by atoms with Gasteiger partial charge < -0.3 is 13.6 Å². The Balaban J connectivity index is 1.16. The van der Waals surface area contributed by atoms with E-state index in [1.54, 1.807) is 11.3 Å². The van der Waals surface area contributed by atoms with Crippen LogP contribution in [0.3, 0.4) is 0 Å². The minimum Gasteiger partial charge on any atom is -0.454 e. The molecule has 6 nitrogen and oxygen atoms in total. The van der Waals surface area contributed by atoms with E-state index in [0.29, 0.717) is 11.3 Å². The number of hydrogen-bond acceptors (Lipinski definition) is 4. The number of thiophene rings is 1. The maximum Gasteiger partial charge on any atom is 0.188 e. The van der Waals surface area contributed by atoms with E-state index in [4.69, 9.17) is 11.0 Å². The van der Waals surface area contributed by atoms with Crippen LogP contribution in [0.2, 0.25) is 0 Å². The van der Waals surface area contributed by atoms with Gasteiger partial charge in [0, 0.05) is 53.9 Å². The Kier molecular flexibility index (Phi) is 5.31. The third kappa shape index (κ3) is 3.56. The topological polar surface area (TPSA) is 64.0 Å². The van der Waals surface area contributed by atoms with Crippen molar-refractivity contribution < 1.29 is 4.42 Å². The van der Waals surface area contributed by atoms with Gasteiger partial charge in [0.25, 0.3) is 0 Å². The molecule has 0 saturated carbocycles. The number of nitriles is 1. The highest BCUT2D eigenvalue weighted by molar-refractivity contribution is 7.25. The predicted octanol–water partition coefficient (Wildman–Crippen LogP) is 12.0. The molecule has 6 aromatic carbocycles. The van der Waals surface area contributed by atoms with Gasteiger partial charge >= 0.3 is 0 Å². The zero-order valence-electron chi connectivity index (χ0n) is 26.2. The first-order valence-corrected chi connectivity index (χ1v) is 17.0. The summed E-state index contributed by atoms with van der Waals surface area (Å²) in [5.74, 6) is 0. The maximum atomic E-state index is 9.66. The first-order valence-electron chi connectivity index (χ1n) is 16.2. The summed E-state index contributed by atoms with van der Waals surface area (Å²) in [5, 5.41) is 17.2. The lowest BCUT2D eigenvalue weighted by atomic mass is 10.1. The Labute approximate surface area is 287 Å². The normalized spacial score (nSPS) is 12.0. The van der Waals surface area contributed by atoms with Crippen LogP contribution in [0.4, 0.5) is 5.69 Å². The average Bonchev–Trinajstić information content (AvgIpc) is 3.91. The lowest BCUT2D eigenvalue weighted by Crippen LogP contribution is -1.94. The van der Waals surface area contributed by atoms with E-state index >= 15 is 0 Å². The number of benzene rings is 6. The van der Waals surface area contributed by atoms with Crippen molar-refractivity contribution in [2.45, 2.75) is 0 Å². The molecule has 0 aliphatic rings. The molecule has 11 aromatic rings. The molecular formula is C43H21N5OS. The second kappa shape index (κ2) is 9.81. The van der Waals surface area contributed by atoms with E-state index in [2.05, 4.69) is 97.8 Å². The lowest BCUT2D eigenvalue weighted by Gasteiger charge is -2.10. The van der Waals surface area contributed by atoms with Crippen molar-refractivity contribution in [3.8, 4) is 17.4 Å². The number of nitrogens with zero attached hydrogens (tertiary/aromatic N) is 5. The van der Waals surface area contributed by atoms with Gasteiger partial charge in [-0.1, -0.05) is 24.3 Å². The zero-order valence-corrected chi connectivity index (χ0v) is 27.0. The van der Waals surface area contributed by atoms with Crippen molar-refractivity contribution in [2.75, 3.05) is 0 Å². The summed E-state index contributed by atoms with van der Waals surface area (Å²) in [4.78, 5) is 8.31. The third-order valence-electron chi connectivity index (χ3n) is 9.99. The minimum atomic E-state index is 0.577. The third-order valence-corrected chi connectivity index (χ3v) is 11.1. The minimum absolute atomic E-state index is 0.577. The SMILES string of the molecule is [C-]#[N+]c1ccc2c(c1)c1cc(C#N)ccc1n2-c1ccc2sc3ccc(-n4c5ccccc5c5c6oc7cccnc7c6ccc54)cc3c2c1. The van der Waals surface area contributed by atoms with Crippen LogP contribution in [0.1, 0.15) is 5.56 Å². The Morgan fingerprint density at radius 2 is 1.34 bits per heavy atom. The van der Waals surface area contributed by atoms with E-state index in [1.807, 2.05) is 54.7 Å².